The Morgan fingerprint density at radius 1 is 1.13 bits per heavy atom. The molecule has 0 aromatic heterocycles. The fourth-order valence-corrected chi connectivity index (χ4v) is 1.94. The highest BCUT2D eigenvalue weighted by Gasteiger charge is 2.15. The Bertz CT molecular complexity index is 335. The predicted octanol–water partition coefficient (Wildman–Crippen LogP) is 3.06. The number of benzene rings is 1. The summed E-state index contributed by atoms with van der Waals surface area (Å²) in [4.78, 5) is 0. The summed E-state index contributed by atoms with van der Waals surface area (Å²) >= 11 is 3.42. The molecule has 15 heavy (non-hydrogen) atoms. The van der Waals surface area contributed by atoms with Gasteiger partial charge in [0.1, 0.15) is 5.75 Å². The van der Waals surface area contributed by atoms with E-state index < -0.39 is 0 Å². The fourth-order valence-electron chi connectivity index (χ4n) is 1.48. The minimum Gasteiger partial charge on any atom is -0.496 e. The van der Waals surface area contributed by atoms with Gasteiger partial charge in [0.2, 0.25) is 0 Å². The quantitative estimate of drug-likeness (QED) is 0.790. The number of ether oxygens (including phenoxy) is 3. The fraction of sp³-hybridized carbons (Fsp3) is 0.455. The lowest BCUT2D eigenvalue weighted by atomic mass is 10.1. The molecule has 0 aliphatic heterocycles. The van der Waals surface area contributed by atoms with Gasteiger partial charge in [-0.1, -0.05) is 15.9 Å². The largest absolute Gasteiger partial charge is 0.496 e. The summed E-state index contributed by atoms with van der Waals surface area (Å²) in [6.07, 6.45) is -0.364. The lowest BCUT2D eigenvalue weighted by Crippen LogP contribution is -2.06. The van der Waals surface area contributed by atoms with Crippen LogP contribution in [0.1, 0.15) is 17.4 Å². The van der Waals surface area contributed by atoms with E-state index in [0.717, 1.165) is 21.3 Å². The van der Waals surface area contributed by atoms with Gasteiger partial charge in [0.25, 0.3) is 0 Å². The lowest BCUT2D eigenvalue weighted by Gasteiger charge is -2.18. The highest BCUT2D eigenvalue weighted by molar-refractivity contribution is 9.10. The molecule has 3 nitrogen and oxygen atoms in total. The van der Waals surface area contributed by atoms with Crippen LogP contribution in [0.25, 0.3) is 0 Å². The SMILES string of the molecule is COc1cc(Br)cc(C(OC)OC)c1C. The van der Waals surface area contributed by atoms with E-state index >= 15 is 0 Å². The van der Waals surface area contributed by atoms with Gasteiger partial charge in [0.05, 0.1) is 7.11 Å². The summed E-state index contributed by atoms with van der Waals surface area (Å²) < 4.78 is 16.7. The molecule has 0 N–H and O–H groups in total. The van der Waals surface area contributed by atoms with E-state index in [1.54, 1.807) is 21.3 Å². The molecule has 0 spiro atoms. The molecule has 0 radical (unpaired) electrons. The predicted molar refractivity (Wildman–Crippen MR) is 62.2 cm³/mol. The Kier molecular flexibility index (Phi) is 4.57. The van der Waals surface area contributed by atoms with Crippen LogP contribution < -0.4 is 4.74 Å². The van der Waals surface area contributed by atoms with Crippen molar-refractivity contribution in [3.8, 4) is 5.75 Å². The molecular formula is C11H15BrO3. The lowest BCUT2D eigenvalue weighted by molar-refractivity contribution is -0.106. The first-order valence-corrected chi connectivity index (χ1v) is 5.33. The second-order valence-corrected chi connectivity index (χ2v) is 4.04. The molecule has 0 saturated heterocycles. The van der Waals surface area contributed by atoms with Gasteiger partial charge in [-0.25, -0.2) is 0 Å². The average Bonchev–Trinajstić information content (AvgIpc) is 2.24. The molecule has 0 aliphatic rings. The maximum atomic E-state index is 5.26. The molecule has 1 aromatic carbocycles. The van der Waals surface area contributed by atoms with Gasteiger partial charge in [-0.2, -0.15) is 0 Å². The van der Waals surface area contributed by atoms with Gasteiger partial charge in [-0.3, -0.25) is 0 Å². The highest BCUT2D eigenvalue weighted by atomic mass is 79.9. The second-order valence-electron chi connectivity index (χ2n) is 3.13. The molecule has 0 unspecified atom stereocenters. The van der Waals surface area contributed by atoms with Gasteiger partial charge in [0, 0.05) is 24.3 Å². The summed E-state index contributed by atoms with van der Waals surface area (Å²) in [7, 11) is 4.87. The van der Waals surface area contributed by atoms with E-state index in [4.69, 9.17) is 14.2 Å². The van der Waals surface area contributed by atoms with E-state index in [-0.39, 0.29) is 6.29 Å². The maximum absolute atomic E-state index is 5.26. The molecular weight excluding hydrogens is 260 g/mol. The van der Waals surface area contributed by atoms with Crippen molar-refractivity contribution in [3.63, 3.8) is 0 Å². The Hall–Kier alpha value is -0.580. The third kappa shape index (κ3) is 2.71. The summed E-state index contributed by atoms with van der Waals surface area (Å²) in [5.74, 6) is 0.818. The number of hydrogen-bond donors (Lipinski definition) is 0. The van der Waals surface area contributed by atoms with Crippen molar-refractivity contribution in [2.75, 3.05) is 21.3 Å². The van der Waals surface area contributed by atoms with Crippen molar-refractivity contribution in [3.05, 3.63) is 27.7 Å². The molecule has 0 aliphatic carbocycles. The molecule has 0 atom stereocenters. The molecule has 1 aromatic rings. The molecule has 0 saturated carbocycles. The topological polar surface area (TPSA) is 27.7 Å². The zero-order valence-corrected chi connectivity index (χ0v) is 10.9. The molecule has 4 heteroatoms. The van der Waals surface area contributed by atoms with Crippen LogP contribution >= 0.6 is 15.9 Å². The Labute approximate surface area is 98.5 Å². The van der Waals surface area contributed by atoms with Crippen molar-refractivity contribution in [1.29, 1.82) is 0 Å². The molecule has 0 bridgehead atoms. The number of rotatable bonds is 4. The zero-order valence-electron chi connectivity index (χ0n) is 9.33. The standard InChI is InChI=1S/C11H15BrO3/c1-7-9(11(14-3)15-4)5-8(12)6-10(7)13-2/h5-6,11H,1-4H3. The number of halogens is 1. The second kappa shape index (κ2) is 5.49. The van der Waals surface area contributed by atoms with E-state index in [9.17, 15) is 0 Å². The minimum atomic E-state index is -0.364. The Morgan fingerprint density at radius 3 is 2.20 bits per heavy atom. The summed E-state index contributed by atoms with van der Waals surface area (Å²) in [6, 6.07) is 3.89. The van der Waals surface area contributed by atoms with Gasteiger partial charge in [-0.15, -0.1) is 0 Å². The monoisotopic (exact) mass is 274 g/mol. The van der Waals surface area contributed by atoms with Gasteiger partial charge in [0.15, 0.2) is 6.29 Å². The number of hydrogen-bond acceptors (Lipinski definition) is 3. The highest BCUT2D eigenvalue weighted by Crippen LogP contribution is 2.31. The van der Waals surface area contributed by atoms with E-state index in [1.807, 2.05) is 19.1 Å². The average molecular weight is 275 g/mol. The molecule has 0 heterocycles. The maximum Gasteiger partial charge on any atom is 0.183 e. The normalized spacial score (nSPS) is 10.8. The smallest absolute Gasteiger partial charge is 0.183 e. The van der Waals surface area contributed by atoms with Crippen LogP contribution in [0.5, 0.6) is 5.75 Å². The molecule has 0 amide bonds. The summed E-state index contributed by atoms with van der Waals surface area (Å²) in [6.45, 7) is 1.98. The zero-order chi connectivity index (χ0) is 11.4. The van der Waals surface area contributed by atoms with Gasteiger partial charge < -0.3 is 14.2 Å². The summed E-state index contributed by atoms with van der Waals surface area (Å²) in [5, 5.41) is 0. The van der Waals surface area contributed by atoms with E-state index in [1.165, 1.54) is 0 Å². The first-order valence-electron chi connectivity index (χ1n) is 4.53. The van der Waals surface area contributed by atoms with Gasteiger partial charge in [-0.05, 0) is 24.6 Å². The van der Waals surface area contributed by atoms with Crippen LogP contribution in [-0.4, -0.2) is 21.3 Å². The Morgan fingerprint density at radius 2 is 1.73 bits per heavy atom. The van der Waals surface area contributed by atoms with Crippen molar-refractivity contribution in [2.45, 2.75) is 13.2 Å². The van der Waals surface area contributed by atoms with Crippen LogP contribution in [-0.2, 0) is 9.47 Å². The van der Waals surface area contributed by atoms with Crippen LogP contribution in [0.3, 0.4) is 0 Å². The van der Waals surface area contributed by atoms with Crippen molar-refractivity contribution in [2.24, 2.45) is 0 Å². The number of methoxy groups -OCH3 is 3. The Balaban J connectivity index is 3.21. The molecule has 0 fully saturated rings. The van der Waals surface area contributed by atoms with Crippen LogP contribution in [0.4, 0.5) is 0 Å². The first kappa shape index (κ1) is 12.5. The van der Waals surface area contributed by atoms with Crippen LogP contribution in [0.15, 0.2) is 16.6 Å². The van der Waals surface area contributed by atoms with Crippen molar-refractivity contribution in [1.82, 2.24) is 0 Å². The molecule has 1 rings (SSSR count). The van der Waals surface area contributed by atoms with Crippen molar-refractivity contribution >= 4 is 15.9 Å². The molecule has 84 valence electrons. The van der Waals surface area contributed by atoms with Gasteiger partial charge >= 0.3 is 0 Å². The van der Waals surface area contributed by atoms with Crippen LogP contribution in [0, 0.1) is 6.92 Å². The third-order valence-corrected chi connectivity index (χ3v) is 2.72. The van der Waals surface area contributed by atoms with E-state index in [2.05, 4.69) is 15.9 Å². The van der Waals surface area contributed by atoms with Crippen LogP contribution in [0.2, 0.25) is 0 Å². The van der Waals surface area contributed by atoms with E-state index in [0.29, 0.717) is 0 Å². The summed E-state index contributed by atoms with van der Waals surface area (Å²) in [5.41, 5.74) is 1.99. The van der Waals surface area contributed by atoms with Crippen molar-refractivity contribution < 1.29 is 14.2 Å². The third-order valence-electron chi connectivity index (χ3n) is 2.27. The minimum absolute atomic E-state index is 0.364. The first-order chi connectivity index (χ1) is 7.13.